The number of piperazine rings is 1. The lowest BCUT2D eigenvalue weighted by Gasteiger charge is -2.40. The lowest BCUT2D eigenvalue weighted by Crippen LogP contribution is -2.53. The van der Waals surface area contributed by atoms with E-state index in [-0.39, 0.29) is 16.8 Å². The Labute approximate surface area is 206 Å². The molecule has 1 aromatic heterocycles. The Morgan fingerprint density at radius 1 is 0.886 bits per heavy atom. The number of hydrogen-bond donors (Lipinski definition) is 0. The number of benzene rings is 3. The van der Waals surface area contributed by atoms with Gasteiger partial charge in [0.25, 0.3) is 5.89 Å². The second-order valence-electron chi connectivity index (χ2n) is 9.06. The van der Waals surface area contributed by atoms with Crippen LogP contribution in [0.25, 0.3) is 22.8 Å². The van der Waals surface area contributed by atoms with Gasteiger partial charge in [0.2, 0.25) is 15.8 Å². The number of rotatable bonds is 5. The fourth-order valence-electron chi connectivity index (χ4n) is 4.43. The quantitative estimate of drug-likeness (QED) is 0.397. The smallest absolute Gasteiger partial charge is 0.258 e. The van der Waals surface area contributed by atoms with Crippen LogP contribution in [-0.4, -0.2) is 48.5 Å². The van der Waals surface area contributed by atoms with E-state index in [1.165, 1.54) is 5.56 Å². The lowest BCUT2D eigenvalue weighted by atomic mass is 10.1. The molecule has 35 heavy (non-hydrogen) atoms. The molecular formula is C27H28N4O3S. The molecule has 0 spiro atoms. The average Bonchev–Trinajstić information content (AvgIpc) is 3.35. The van der Waals surface area contributed by atoms with Crippen molar-refractivity contribution in [3.8, 4) is 22.8 Å². The van der Waals surface area contributed by atoms with Gasteiger partial charge in [-0.15, -0.1) is 0 Å². The molecule has 1 saturated heterocycles. The van der Waals surface area contributed by atoms with Crippen molar-refractivity contribution in [2.45, 2.75) is 31.7 Å². The van der Waals surface area contributed by atoms with Crippen LogP contribution in [0.15, 0.2) is 82.2 Å². The molecule has 3 aromatic carbocycles. The predicted molar refractivity (Wildman–Crippen MR) is 137 cm³/mol. The van der Waals surface area contributed by atoms with Gasteiger partial charge in [-0.3, -0.25) is 0 Å². The molecule has 4 aromatic rings. The molecular weight excluding hydrogens is 460 g/mol. The molecule has 180 valence electrons. The third-order valence-corrected chi connectivity index (χ3v) is 8.24. The molecule has 1 aliphatic heterocycles. The first kappa shape index (κ1) is 23.3. The van der Waals surface area contributed by atoms with Gasteiger partial charge in [0.1, 0.15) is 0 Å². The molecule has 5 rings (SSSR count). The van der Waals surface area contributed by atoms with Gasteiger partial charge in [0, 0.05) is 42.5 Å². The Kier molecular flexibility index (Phi) is 6.17. The molecule has 1 atom stereocenters. The molecule has 0 amide bonds. The van der Waals surface area contributed by atoms with Gasteiger partial charge in [-0.2, -0.15) is 9.29 Å². The summed E-state index contributed by atoms with van der Waals surface area (Å²) in [7, 11) is -3.67. The zero-order valence-corrected chi connectivity index (χ0v) is 20.9. The van der Waals surface area contributed by atoms with Gasteiger partial charge < -0.3 is 9.42 Å². The Morgan fingerprint density at radius 3 is 2.40 bits per heavy atom. The SMILES string of the molecule is Cc1ccc(-c2noc(-c3cccc(S(=O)(=O)N4CCN(c5cccc(C)c5)[C@@H](C)C4)c3)n2)cc1. The number of hydrogen-bond acceptors (Lipinski definition) is 6. The topological polar surface area (TPSA) is 79.5 Å². The van der Waals surface area contributed by atoms with Gasteiger partial charge in [-0.05, 0) is 56.7 Å². The Hall–Kier alpha value is -3.49. The molecule has 0 radical (unpaired) electrons. The van der Waals surface area contributed by atoms with Crippen molar-refractivity contribution in [1.29, 1.82) is 0 Å². The zero-order chi connectivity index (χ0) is 24.6. The third-order valence-electron chi connectivity index (χ3n) is 6.38. The van der Waals surface area contributed by atoms with Gasteiger partial charge in [0.15, 0.2) is 0 Å². The van der Waals surface area contributed by atoms with E-state index < -0.39 is 10.0 Å². The molecule has 7 nitrogen and oxygen atoms in total. The highest BCUT2D eigenvalue weighted by atomic mass is 32.2. The van der Waals surface area contributed by atoms with Gasteiger partial charge in [0.05, 0.1) is 4.90 Å². The minimum absolute atomic E-state index is 0.0523. The molecule has 8 heteroatoms. The molecule has 1 fully saturated rings. The summed E-state index contributed by atoms with van der Waals surface area (Å²) in [6.07, 6.45) is 0. The maximum absolute atomic E-state index is 13.5. The first-order chi connectivity index (χ1) is 16.8. The number of sulfonamides is 1. The van der Waals surface area contributed by atoms with Crippen molar-refractivity contribution >= 4 is 15.7 Å². The maximum Gasteiger partial charge on any atom is 0.258 e. The third kappa shape index (κ3) is 4.72. The van der Waals surface area contributed by atoms with Crippen LogP contribution < -0.4 is 4.90 Å². The van der Waals surface area contributed by atoms with Crippen LogP contribution in [-0.2, 0) is 10.0 Å². The molecule has 0 aliphatic carbocycles. The summed E-state index contributed by atoms with van der Waals surface area (Å²) >= 11 is 0. The number of nitrogens with zero attached hydrogens (tertiary/aromatic N) is 4. The number of aryl methyl sites for hydroxylation is 2. The van der Waals surface area contributed by atoms with Crippen molar-refractivity contribution in [2.75, 3.05) is 24.5 Å². The molecule has 0 bridgehead atoms. The average molecular weight is 489 g/mol. The van der Waals surface area contributed by atoms with Crippen molar-refractivity contribution in [3.63, 3.8) is 0 Å². The van der Waals surface area contributed by atoms with Crippen molar-refractivity contribution in [1.82, 2.24) is 14.4 Å². The van der Waals surface area contributed by atoms with Crippen molar-refractivity contribution in [3.05, 3.63) is 83.9 Å². The highest BCUT2D eigenvalue weighted by Gasteiger charge is 2.32. The summed E-state index contributed by atoms with van der Waals surface area (Å²) in [6, 6.07) is 22.9. The second kappa shape index (κ2) is 9.28. The largest absolute Gasteiger partial charge is 0.366 e. The lowest BCUT2D eigenvalue weighted by molar-refractivity contribution is 0.342. The molecule has 0 N–H and O–H groups in total. The molecule has 0 saturated carbocycles. The van der Waals surface area contributed by atoms with E-state index in [1.54, 1.807) is 28.6 Å². The van der Waals surface area contributed by atoms with Gasteiger partial charge in [-0.1, -0.05) is 53.2 Å². The summed E-state index contributed by atoms with van der Waals surface area (Å²) in [5.41, 5.74) is 4.87. The van der Waals surface area contributed by atoms with Crippen LogP contribution in [0.1, 0.15) is 18.1 Å². The highest BCUT2D eigenvalue weighted by molar-refractivity contribution is 7.89. The Balaban J connectivity index is 1.36. The van der Waals surface area contributed by atoms with Crippen LogP contribution in [0.4, 0.5) is 5.69 Å². The van der Waals surface area contributed by atoms with Crippen LogP contribution >= 0.6 is 0 Å². The Bertz CT molecular complexity index is 1450. The number of aromatic nitrogens is 2. The normalized spacial score (nSPS) is 17.0. The summed E-state index contributed by atoms with van der Waals surface area (Å²) < 4.78 is 34.1. The van der Waals surface area contributed by atoms with E-state index in [0.29, 0.717) is 31.0 Å². The first-order valence-corrected chi connectivity index (χ1v) is 13.1. The molecule has 1 aliphatic rings. The molecule has 0 unspecified atom stereocenters. The van der Waals surface area contributed by atoms with E-state index in [9.17, 15) is 8.42 Å². The van der Waals surface area contributed by atoms with Crippen LogP contribution in [0, 0.1) is 13.8 Å². The predicted octanol–water partition coefficient (Wildman–Crippen LogP) is 4.92. The van der Waals surface area contributed by atoms with Crippen molar-refractivity contribution in [2.24, 2.45) is 0 Å². The van der Waals surface area contributed by atoms with Crippen LogP contribution in [0.2, 0.25) is 0 Å². The maximum atomic E-state index is 13.5. The standard InChI is InChI=1S/C27H28N4O3S/c1-19-10-12-22(13-11-19)26-28-27(34-29-26)23-7-5-9-25(17-23)35(32,33)30-14-15-31(21(3)18-30)24-8-4-6-20(2)16-24/h4-13,16-17,21H,14-15,18H2,1-3H3/t21-/m0/s1. The van der Waals surface area contributed by atoms with E-state index in [0.717, 1.165) is 16.8 Å². The minimum atomic E-state index is -3.67. The summed E-state index contributed by atoms with van der Waals surface area (Å²) in [6.45, 7) is 7.61. The summed E-state index contributed by atoms with van der Waals surface area (Å²) in [4.78, 5) is 6.97. The van der Waals surface area contributed by atoms with Crippen LogP contribution in [0.3, 0.4) is 0 Å². The first-order valence-electron chi connectivity index (χ1n) is 11.7. The summed E-state index contributed by atoms with van der Waals surface area (Å²) in [5, 5.41) is 4.08. The van der Waals surface area contributed by atoms with E-state index in [4.69, 9.17) is 4.52 Å². The Morgan fingerprint density at radius 2 is 1.66 bits per heavy atom. The monoisotopic (exact) mass is 488 g/mol. The fraction of sp³-hybridized carbons (Fsp3) is 0.259. The van der Waals surface area contributed by atoms with Gasteiger partial charge in [-0.25, -0.2) is 8.42 Å². The zero-order valence-electron chi connectivity index (χ0n) is 20.0. The van der Waals surface area contributed by atoms with E-state index >= 15 is 0 Å². The van der Waals surface area contributed by atoms with E-state index in [2.05, 4.69) is 47.1 Å². The van der Waals surface area contributed by atoms with Gasteiger partial charge >= 0.3 is 0 Å². The fourth-order valence-corrected chi connectivity index (χ4v) is 5.99. The highest BCUT2D eigenvalue weighted by Crippen LogP contribution is 2.28. The minimum Gasteiger partial charge on any atom is -0.366 e. The number of anilines is 1. The van der Waals surface area contributed by atoms with E-state index in [1.807, 2.05) is 37.3 Å². The summed E-state index contributed by atoms with van der Waals surface area (Å²) in [5.74, 6) is 0.754. The molecule has 2 heterocycles. The van der Waals surface area contributed by atoms with Crippen molar-refractivity contribution < 1.29 is 12.9 Å². The van der Waals surface area contributed by atoms with Crippen LogP contribution in [0.5, 0.6) is 0 Å². The second-order valence-corrected chi connectivity index (χ2v) is 11.0.